The summed E-state index contributed by atoms with van der Waals surface area (Å²) < 4.78 is 5.03. The zero-order valence-corrected chi connectivity index (χ0v) is 12.1. The van der Waals surface area contributed by atoms with E-state index in [0.717, 1.165) is 0 Å². The smallest absolute Gasteiger partial charge is 0.287 e. The highest BCUT2D eigenvalue weighted by Crippen LogP contribution is 2.17. The van der Waals surface area contributed by atoms with Crippen LogP contribution in [-0.2, 0) is 9.53 Å². The Morgan fingerprint density at radius 1 is 1.38 bits per heavy atom. The highest BCUT2D eigenvalue weighted by atomic mass is 16.6. The number of nitrogens with zero attached hydrogens (tertiary/aromatic N) is 4. The second kappa shape index (κ2) is 6.49. The van der Waals surface area contributed by atoms with Crippen molar-refractivity contribution in [1.82, 2.24) is 9.88 Å². The summed E-state index contributed by atoms with van der Waals surface area (Å²) in [5.41, 5.74) is -0.0264. The first-order valence-corrected chi connectivity index (χ1v) is 6.70. The predicted molar refractivity (Wildman–Crippen MR) is 76.2 cm³/mol. The molecular formula is C13H18N4O4. The van der Waals surface area contributed by atoms with E-state index >= 15 is 0 Å². The third kappa shape index (κ3) is 3.46. The number of amides is 1. The lowest BCUT2D eigenvalue weighted by atomic mass is 10.2. The molecule has 8 heteroatoms. The van der Waals surface area contributed by atoms with Gasteiger partial charge in [-0.25, -0.2) is 4.98 Å². The number of piperazine rings is 1. The fraction of sp³-hybridized carbons (Fsp3) is 0.538. The summed E-state index contributed by atoms with van der Waals surface area (Å²) in [7, 11) is 1.51. The Morgan fingerprint density at radius 2 is 2.05 bits per heavy atom. The molecule has 0 bridgehead atoms. The molecule has 0 aromatic carbocycles. The van der Waals surface area contributed by atoms with E-state index in [0.29, 0.717) is 32.0 Å². The van der Waals surface area contributed by atoms with Gasteiger partial charge in [-0.05, 0) is 13.0 Å². The van der Waals surface area contributed by atoms with Crippen LogP contribution in [0.25, 0.3) is 0 Å². The summed E-state index contributed by atoms with van der Waals surface area (Å²) in [6, 6.07) is 3.07. The van der Waals surface area contributed by atoms with Crippen LogP contribution in [0.3, 0.4) is 0 Å². The Bertz CT molecular complexity index is 511. The van der Waals surface area contributed by atoms with Gasteiger partial charge in [0.15, 0.2) is 0 Å². The topological polar surface area (TPSA) is 88.8 Å². The van der Waals surface area contributed by atoms with Crippen LogP contribution in [0.5, 0.6) is 0 Å². The number of hydrogen-bond donors (Lipinski definition) is 0. The van der Waals surface area contributed by atoms with Crippen LogP contribution in [0.15, 0.2) is 18.3 Å². The highest BCUT2D eigenvalue weighted by molar-refractivity contribution is 5.80. The van der Waals surface area contributed by atoms with Crippen LogP contribution >= 0.6 is 0 Å². The molecule has 0 aliphatic carbocycles. The highest BCUT2D eigenvalue weighted by Gasteiger charge is 2.25. The first-order chi connectivity index (χ1) is 10.0. The van der Waals surface area contributed by atoms with E-state index in [-0.39, 0.29) is 11.6 Å². The van der Waals surface area contributed by atoms with Gasteiger partial charge in [-0.2, -0.15) is 0 Å². The van der Waals surface area contributed by atoms with Crippen molar-refractivity contribution in [2.75, 3.05) is 38.2 Å². The van der Waals surface area contributed by atoms with Crippen molar-refractivity contribution in [2.45, 2.75) is 13.0 Å². The Hall–Kier alpha value is -2.22. The number of rotatable bonds is 4. The molecule has 1 fully saturated rings. The van der Waals surface area contributed by atoms with Crippen molar-refractivity contribution in [3.05, 3.63) is 28.4 Å². The Labute approximate surface area is 122 Å². The molecule has 1 atom stereocenters. The lowest BCUT2D eigenvalue weighted by Crippen LogP contribution is -2.51. The van der Waals surface area contributed by atoms with Gasteiger partial charge >= 0.3 is 0 Å². The molecule has 1 amide bonds. The summed E-state index contributed by atoms with van der Waals surface area (Å²) in [5, 5.41) is 10.6. The number of nitro groups is 1. The fourth-order valence-electron chi connectivity index (χ4n) is 2.19. The minimum Gasteiger partial charge on any atom is -0.372 e. The van der Waals surface area contributed by atoms with Gasteiger partial charge in [-0.15, -0.1) is 0 Å². The van der Waals surface area contributed by atoms with Gasteiger partial charge in [-0.1, -0.05) is 0 Å². The molecule has 114 valence electrons. The Balaban J connectivity index is 1.94. The Kier molecular flexibility index (Phi) is 4.69. The van der Waals surface area contributed by atoms with Gasteiger partial charge in [0.05, 0.1) is 4.92 Å². The lowest BCUT2D eigenvalue weighted by molar-refractivity contribution is -0.385. The number of hydrogen-bond acceptors (Lipinski definition) is 6. The standard InChI is InChI=1S/C13H18N4O4/c1-10(21-2)13(18)16-7-5-15(6-8-16)12-4-3-11(9-14-12)17(19)20/h3-4,9-10H,5-8H2,1-2H3. The van der Waals surface area contributed by atoms with Gasteiger partial charge in [0.2, 0.25) is 0 Å². The minimum absolute atomic E-state index is 0.0196. The molecule has 1 aromatic heterocycles. The SMILES string of the molecule is COC(C)C(=O)N1CCN(c2ccc([N+](=O)[O-])cn2)CC1. The largest absolute Gasteiger partial charge is 0.372 e. The summed E-state index contributed by atoms with van der Waals surface area (Å²) in [6.07, 6.45) is 0.814. The van der Waals surface area contributed by atoms with Gasteiger partial charge < -0.3 is 14.5 Å². The average molecular weight is 294 g/mol. The number of carbonyl (C=O) groups excluding carboxylic acids is 1. The lowest BCUT2D eigenvalue weighted by Gasteiger charge is -2.36. The number of pyridine rings is 1. The van der Waals surface area contributed by atoms with Crippen LogP contribution in [0, 0.1) is 10.1 Å². The zero-order valence-electron chi connectivity index (χ0n) is 12.1. The summed E-state index contributed by atoms with van der Waals surface area (Å²) >= 11 is 0. The molecule has 0 spiro atoms. The van der Waals surface area contributed by atoms with Crippen molar-refractivity contribution in [1.29, 1.82) is 0 Å². The van der Waals surface area contributed by atoms with E-state index < -0.39 is 11.0 Å². The molecule has 2 rings (SSSR count). The van der Waals surface area contributed by atoms with Crippen molar-refractivity contribution in [2.24, 2.45) is 0 Å². The van der Waals surface area contributed by atoms with Crippen LogP contribution in [0.1, 0.15) is 6.92 Å². The van der Waals surface area contributed by atoms with E-state index in [4.69, 9.17) is 4.74 Å². The van der Waals surface area contributed by atoms with Gasteiger partial charge in [-0.3, -0.25) is 14.9 Å². The molecule has 1 aromatic rings. The molecule has 0 saturated carbocycles. The number of aromatic nitrogens is 1. The average Bonchev–Trinajstić information content (AvgIpc) is 2.53. The summed E-state index contributed by atoms with van der Waals surface area (Å²) in [4.78, 5) is 30.0. The van der Waals surface area contributed by atoms with E-state index in [2.05, 4.69) is 4.98 Å². The van der Waals surface area contributed by atoms with E-state index in [1.165, 1.54) is 19.4 Å². The van der Waals surface area contributed by atoms with E-state index in [1.54, 1.807) is 17.9 Å². The number of anilines is 1. The molecule has 0 N–H and O–H groups in total. The van der Waals surface area contributed by atoms with Crippen LogP contribution in [-0.4, -0.2) is 60.1 Å². The van der Waals surface area contributed by atoms with Crippen molar-refractivity contribution >= 4 is 17.4 Å². The summed E-state index contributed by atoms with van der Waals surface area (Å²) in [5.74, 6) is 0.668. The van der Waals surface area contributed by atoms with Crippen molar-refractivity contribution < 1.29 is 14.5 Å². The number of carbonyl (C=O) groups is 1. The Morgan fingerprint density at radius 3 is 2.52 bits per heavy atom. The third-order valence-corrected chi connectivity index (χ3v) is 3.56. The maximum absolute atomic E-state index is 12.0. The fourth-order valence-corrected chi connectivity index (χ4v) is 2.19. The monoisotopic (exact) mass is 294 g/mol. The van der Waals surface area contributed by atoms with E-state index in [9.17, 15) is 14.9 Å². The molecule has 1 unspecified atom stereocenters. The van der Waals surface area contributed by atoms with Gasteiger partial charge in [0, 0.05) is 39.4 Å². The molecule has 21 heavy (non-hydrogen) atoms. The van der Waals surface area contributed by atoms with Crippen LogP contribution < -0.4 is 4.90 Å². The third-order valence-electron chi connectivity index (χ3n) is 3.56. The molecular weight excluding hydrogens is 276 g/mol. The maximum Gasteiger partial charge on any atom is 0.287 e. The molecule has 1 aliphatic heterocycles. The first-order valence-electron chi connectivity index (χ1n) is 6.70. The van der Waals surface area contributed by atoms with Crippen LogP contribution in [0.4, 0.5) is 11.5 Å². The van der Waals surface area contributed by atoms with E-state index in [1.807, 2.05) is 4.90 Å². The van der Waals surface area contributed by atoms with Crippen molar-refractivity contribution in [3.8, 4) is 0 Å². The quantitative estimate of drug-likeness (QED) is 0.599. The van der Waals surface area contributed by atoms with Crippen LogP contribution in [0.2, 0.25) is 0 Å². The molecule has 0 radical (unpaired) electrons. The van der Waals surface area contributed by atoms with Crippen molar-refractivity contribution in [3.63, 3.8) is 0 Å². The summed E-state index contributed by atoms with van der Waals surface area (Å²) in [6.45, 7) is 4.20. The maximum atomic E-state index is 12.0. The predicted octanol–water partition coefficient (Wildman–Crippen LogP) is 0.673. The number of ether oxygens (including phenoxy) is 1. The first kappa shape index (κ1) is 15.2. The second-order valence-electron chi connectivity index (χ2n) is 4.82. The van der Waals surface area contributed by atoms with Gasteiger partial charge in [0.1, 0.15) is 18.1 Å². The normalized spacial score (nSPS) is 16.7. The molecule has 2 heterocycles. The molecule has 8 nitrogen and oxygen atoms in total. The molecule has 1 aliphatic rings. The number of methoxy groups -OCH3 is 1. The molecule has 1 saturated heterocycles. The minimum atomic E-state index is -0.473. The second-order valence-corrected chi connectivity index (χ2v) is 4.82. The zero-order chi connectivity index (χ0) is 15.4. The van der Waals surface area contributed by atoms with Gasteiger partial charge in [0.25, 0.3) is 11.6 Å².